The minimum atomic E-state index is -4.37. The van der Waals surface area contributed by atoms with Gasteiger partial charge < -0.3 is 14.6 Å². The van der Waals surface area contributed by atoms with Crippen LogP contribution in [0, 0.1) is 5.92 Å². The molecule has 0 fully saturated rings. The molecule has 2 heterocycles. The van der Waals surface area contributed by atoms with E-state index >= 15 is 0 Å². The van der Waals surface area contributed by atoms with Gasteiger partial charge in [-0.1, -0.05) is 19.9 Å². The molecule has 0 radical (unpaired) electrons. The molecule has 0 aliphatic carbocycles. The number of carbonyl (C=O) groups is 1. The fourth-order valence-electron chi connectivity index (χ4n) is 3.32. The van der Waals surface area contributed by atoms with Gasteiger partial charge in [0.25, 0.3) is 5.91 Å². The van der Waals surface area contributed by atoms with Gasteiger partial charge in [0.2, 0.25) is 5.95 Å². The van der Waals surface area contributed by atoms with E-state index < -0.39 is 11.4 Å². The zero-order chi connectivity index (χ0) is 26.6. The number of carbonyl (C=O) groups excluding carboxylic acids is 1. The Morgan fingerprint density at radius 1 is 1.14 bits per heavy atom. The summed E-state index contributed by atoms with van der Waals surface area (Å²) in [6.45, 7) is 4.30. The maximum Gasteiger partial charge on any atom is 0.446 e. The molecule has 0 bridgehead atoms. The average Bonchev–Trinajstić information content (AvgIpc) is 3.12. The highest BCUT2D eigenvalue weighted by molar-refractivity contribution is 8.00. The molecule has 4 rings (SSSR count). The summed E-state index contributed by atoms with van der Waals surface area (Å²) < 4.78 is 45.9. The van der Waals surface area contributed by atoms with Crippen molar-refractivity contribution in [2.75, 3.05) is 11.9 Å². The van der Waals surface area contributed by atoms with Crippen molar-refractivity contribution in [3.63, 3.8) is 0 Å². The Balaban J connectivity index is 0.00000267. The molecule has 8 nitrogen and oxygen atoms in total. The van der Waals surface area contributed by atoms with Crippen LogP contribution in [0.4, 0.5) is 24.8 Å². The number of nitrogens with one attached hydrogen (secondary N) is 2. The lowest BCUT2D eigenvalue weighted by Crippen LogP contribution is -2.26. The van der Waals surface area contributed by atoms with Crippen LogP contribution in [0.25, 0.3) is 11.0 Å². The number of aryl methyl sites for hydroxylation is 1. The molecule has 2 aromatic carbocycles. The molecular formula is C25H28F3N5O3S. The van der Waals surface area contributed by atoms with Gasteiger partial charge in [-0.3, -0.25) is 14.6 Å². The van der Waals surface area contributed by atoms with Crippen molar-refractivity contribution >= 4 is 40.3 Å². The summed E-state index contributed by atoms with van der Waals surface area (Å²) in [6.07, 6.45) is 1.46. The van der Waals surface area contributed by atoms with Crippen LogP contribution in [0.1, 0.15) is 27.2 Å². The Kier molecular flexibility index (Phi) is 7.89. The van der Waals surface area contributed by atoms with Gasteiger partial charge in [-0.2, -0.15) is 13.2 Å². The van der Waals surface area contributed by atoms with E-state index in [1.54, 1.807) is 41.9 Å². The Morgan fingerprint density at radius 2 is 1.92 bits per heavy atom. The molecule has 12 heteroatoms. The van der Waals surface area contributed by atoms with Gasteiger partial charge in [-0.25, -0.2) is 10.5 Å². The maximum absolute atomic E-state index is 12.7. The van der Waals surface area contributed by atoms with Crippen molar-refractivity contribution in [3.8, 4) is 11.5 Å². The summed E-state index contributed by atoms with van der Waals surface area (Å²) in [5, 5.41) is 3.07. The van der Waals surface area contributed by atoms with Crippen molar-refractivity contribution in [2.24, 2.45) is 13.0 Å². The fourth-order valence-corrected chi connectivity index (χ4v) is 3.92. The van der Waals surface area contributed by atoms with Crippen molar-refractivity contribution in [2.45, 2.75) is 24.3 Å². The SMILES string of the molecule is CC(C)CONC(=O)c1cc(Oc2ccc3c(c2)nc(Nc2cccc(SC(F)(F)F)c2)n3C)ccn1.[HH].[HH]. The van der Waals surface area contributed by atoms with E-state index in [0.29, 0.717) is 35.3 Å². The average molecular weight is 536 g/mol. The number of hydrogen-bond donors (Lipinski definition) is 2. The summed E-state index contributed by atoms with van der Waals surface area (Å²) in [5.41, 5.74) is -0.00563. The second-order valence-electron chi connectivity index (χ2n) is 8.46. The standard InChI is InChI=1S/C25H24F3N5O3S.2H2/c1-15(2)14-35-32-23(34)21-13-18(9-10-29-21)36-17-7-8-22-20(12-17)31-24(33(22)3)30-16-5-4-6-19(11-16)37-25(26,27)28;;/h4-13,15H,14H2,1-3H3,(H,30,31)(H,32,34);2*1H. The van der Waals surface area contributed by atoms with E-state index in [1.165, 1.54) is 24.4 Å². The summed E-state index contributed by atoms with van der Waals surface area (Å²) in [6, 6.07) is 14.4. The first-order chi connectivity index (χ1) is 17.6. The van der Waals surface area contributed by atoms with Gasteiger partial charge in [-0.05, 0) is 54.1 Å². The first kappa shape index (κ1) is 26.3. The highest BCUT2D eigenvalue weighted by Crippen LogP contribution is 2.38. The molecule has 0 saturated heterocycles. The zero-order valence-corrected chi connectivity index (χ0v) is 21.0. The lowest BCUT2D eigenvalue weighted by atomic mass is 10.2. The summed E-state index contributed by atoms with van der Waals surface area (Å²) in [5.74, 6) is 1.11. The van der Waals surface area contributed by atoms with Gasteiger partial charge in [0, 0.05) is 38.8 Å². The molecule has 0 atom stereocenters. The lowest BCUT2D eigenvalue weighted by Gasteiger charge is -2.09. The van der Waals surface area contributed by atoms with Crippen LogP contribution < -0.4 is 15.5 Å². The molecule has 0 aliphatic heterocycles. The second-order valence-corrected chi connectivity index (χ2v) is 9.60. The van der Waals surface area contributed by atoms with Crippen LogP contribution in [0.5, 0.6) is 11.5 Å². The number of rotatable bonds is 9. The van der Waals surface area contributed by atoms with E-state index in [4.69, 9.17) is 9.57 Å². The smallest absolute Gasteiger partial charge is 0.446 e. The molecule has 4 aromatic rings. The van der Waals surface area contributed by atoms with Gasteiger partial charge in [0.05, 0.1) is 17.6 Å². The van der Waals surface area contributed by atoms with Crippen molar-refractivity contribution in [1.82, 2.24) is 20.0 Å². The predicted octanol–water partition coefficient (Wildman–Crippen LogP) is 6.93. The highest BCUT2D eigenvalue weighted by atomic mass is 32.2. The molecule has 2 N–H and O–H groups in total. The fraction of sp³-hybridized carbons (Fsp3) is 0.240. The number of ether oxygens (including phenoxy) is 1. The number of pyridine rings is 1. The molecule has 198 valence electrons. The van der Waals surface area contributed by atoms with Gasteiger partial charge in [-0.15, -0.1) is 0 Å². The normalized spacial score (nSPS) is 11.6. The number of benzene rings is 2. The number of fused-ring (bicyclic) bond motifs is 1. The van der Waals surface area contributed by atoms with Gasteiger partial charge >= 0.3 is 5.51 Å². The maximum atomic E-state index is 12.7. The Bertz CT molecular complexity index is 1420. The Labute approximate surface area is 218 Å². The number of anilines is 2. The van der Waals surface area contributed by atoms with Crippen molar-refractivity contribution < 1.29 is 30.4 Å². The number of thioether (sulfide) groups is 1. The number of nitrogens with zero attached hydrogens (tertiary/aromatic N) is 3. The third-order valence-corrected chi connectivity index (χ3v) is 5.68. The van der Waals surface area contributed by atoms with E-state index in [-0.39, 0.29) is 31.1 Å². The monoisotopic (exact) mass is 535 g/mol. The van der Waals surface area contributed by atoms with Crippen molar-refractivity contribution in [1.29, 1.82) is 0 Å². The van der Waals surface area contributed by atoms with E-state index in [1.807, 2.05) is 19.9 Å². The summed E-state index contributed by atoms with van der Waals surface area (Å²) >= 11 is -0.175. The molecule has 0 aliphatic rings. The van der Waals surface area contributed by atoms with Crippen LogP contribution in [0.15, 0.2) is 65.7 Å². The quantitative estimate of drug-likeness (QED) is 0.177. The number of amides is 1. The van der Waals surface area contributed by atoms with Crippen LogP contribution >= 0.6 is 11.8 Å². The third-order valence-electron chi connectivity index (χ3n) is 4.96. The lowest BCUT2D eigenvalue weighted by molar-refractivity contribution is -0.0328. The predicted molar refractivity (Wildman–Crippen MR) is 139 cm³/mol. The first-order valence-corrected chi connectivity index (χ1v) is 12.0. The topological polar surface area (TPSA) is 90.3 Å². The number of imidazole rings is 1. The Morgan fingerprint density at radius 3 is 2.68 bits per heavy atom. The molecular weight excluding hydrogens is 507 g/mol. The van der Waals surface area contributed by atoms with Crippen LogP contribution in [-0.4, -0.2) is 32.6 Å². The second kappa shape index (κ2) is 11.1. The van der Waals surface area contributed by atoms with Crippen LogP contribution in [0.3, 0.4) is 0 Å². The van der Waals surface area contributed by atoms with Gasteiger partial charge in [0.15, 0.2) is 0 Å². The summed E-state index contributed by atoms with van der Waals surface area (Å²) in [7, 11) is 1.79. The molecule has 2 aromatic heterocycles. The number of halogens is 3. The Hall–Kier alpha value is -3.77. The largest absolute Gasteiger partial charge is 0.457 e. The van der Waals surface area contributed by atoms with Gasteiger partial charge in [0.1, 0.15) is 17.2 Å². The number of hydrogen-bond acceptors (Lipinski definition) is 7. The van der Waals surface area contributed by atoms with E-state index in [2.05, 4.69) is 20.8 Å². The van der Waals surface area contributed by atoms with E-state index in [9.17, 15) is 18.0 Å². The molecule has 1 amide bonds. The number of hydroxylamine groups is 1. The molecule has 0 unspecified atom stereocenters. The van der Waals surface area contributed by atoms with Crippen molar-refractivity contribution in [3.05, 3.63) is 66.5 Å². The molecule has 0 spiro atoms. The first-order valence-electron chi connectivity index (χ1n) is 11.2. The minimum Gasteiger partial charge on any atom is -0.457 e. The third kappa shape index (κ3) is 7.14. The van der Waals surface area contributed by atoms with Crippen LogP contribution in [0.2, 0.25) is 0 Å². The minimum absolute atomic E-state index is 0. The highest BCUT2D eigenvalue weighted by Gasteiger charge is 2.29. The molecule has 0 saturated carbocycles. The number of aromatic nitrogens is 3. The van der Waals surface area contributed by atoms with Crippen LogP contribution in [-0.2, 0) is 11.9 Å². The van der Waals surface area contributed by atoms with E-state index in [0.717, 1.165) is 5.52 Å². The molecule has 37 heavy (non-hydrogen) atoms. The number of alkyl halides is 3. The zero-order valence-electron chi connectivity index (χ0n) is 20.2. The summed E-state index contributed by atoms with van der Waals surface area (Å²) in [4.78, 5) is 26.1.